The summed E-state index contributed by atoms with van der Waals surface area (Å²) in [6.45, 7) is 1.93. The van der Waals surface area contributed by atoms with Crippen LogP contribution in [0, 0.1) is 0 Å². The third-order valence-electron chi connectivity index (χ3n) is 1.04. The van der Waals surface area contributed by atoms with Crippen molar-refractivity contribution in [2.45, 2.75) is 6.92 Å². The van der Waals surface area contributed by atoms with Crippen LogP contribution in [0.4, 0.5) is 4.48 Å². The normalized spacial score (nSPS) is 9.64. The Morgan fingerprint density at radius 1 is 1.91 bits per heavy atom. The zero-order valence-corrected chi connectivity index (χ0v) is 5.95. The molecular weight excluding hydrogens is 151 g/mol. The first-order valence-electron chi connectivity index (χ1n) is 3.13. The quantitative estimate of drug-likeness (QED) is 0.598. The van der Waals surface area contributed by atoms with Crippen LogP contribution in [-0.4, -0.2) is 22.6 Å². The number of ether oxygens (including phenoxy) is 1. The molecule has 0 aliphatic rings. The lowest BCUT2D eigenvalue weighted by atomic mass is 10.4. The predicted molar refractivity (Wildman–Crippen MR) is 34.7 cm³/mol. The number of hydrogen-bond donors (Lipinski definition) is 0. The Morgan fingerprint density at radius 2 is 2.64 bits per heavy atom. The molecule has 0 aliphatic heterocycles. The molecule has 0 aliphatic carbocycles. The van der Waals surface area contributed by atoms with E-state index < -0.39 is 5.97 Å². The number of hydrogen-bond acceptors (Lipinski definition) is 3. The molecule has 0 aromatic carbocycles. The van der Waals surface area contributed by atoms with Crippen LogP contribution in [0.3, 0.4) is 0 Å². The summed E-state index contributed by atoms with van der Waals surface area (Å²) in [6, 6.07) is 1.25. The molecule has 5 heteroatoms. The van der Waals surface area contributed by atoms with Gasteiger partial charge in [0, 0.05) is 0 Å². The van der Waals surface area contributed by atoms with E-state index in [4.69, 9.17) is 0 Å². The van der Waals surface area contributed by atoms with Crippen molar-refractivity contribution in [3.05, 3.63) is 18.0 Å². The Morgan fingerprint density at radius 3 is 3.09 bits per heavy atom. The van der Waals surface area contributed by atoms with E-state index in [0.29, 0.717) is 0 Å². The molecule has 4 nitrogen and oxygen atoms in total. The summed E-state index contributed by atoms with van der Waals surface area (Å²) < 4.78 is 16.7. The zero-order chi connectivity index (χ0) is 8.27. The maximum absolute atomic E-state index is 12.1. The molecule has 0 bridgehead atoms. The first kappa shape index (κ1) is 7.71. The van der Waals surface area contributed by atoms with E-state index in [9.17, 15) is 9.28 Å². The highest BCUT2D eigenvalue weighted by Crippen LogP contribution is 1.97. The topological polar surface area (TPSA) is 44.1 Å². The molecule has 11 heavy (non-hydrogen) atoms. The first-order chi connectivity index (χ1) is 5.24. The Kier molecular flexibility index (Phi) is 2.20. The van der Waals surface area contributed by atoms with Crippen molar-refractivity contribution in [3.63, 3.8) is 0 Å². The number of aromatic nitrogens is 2. The minimum atomic E-state index is -0.607. The van der Waals surface area contributed by atoms with E-state index in [1.165, 1.54) is 6.07 Å². The third-order valence-corrected chi connectivity index (χ3v) is 1.04. The number of halogens is 1. The molecule has 0 N–H and O–H groups in total. The van der Waals surface area contributed by atoms with E-state index >= 15 is 0 Å². The highest BCUT2D eigenvalue weighted by molar-refractivity contribution is 5.86. The minimum absolute atomic E-state index is 0.0191. The van der Waals surface area contributed by atoms with Crippen LogP contribution in [0.15, 0.2) is 12.3 Å². The fourth-order valence-electron chi connectivity index (χ4n) is 0.616. The van der Waals surface area contributed by atoms with Crippen LogP contribution in [0.1, 0.15) is 17.4 Å². The molecule has 60 valence electrons. The maximum atomic E-state index is 12.1. The van der Waals surface area contributed by atoms with Gasteiger partial charge in [-0.1, -0.05) is 4.48 Å². The fraction of sp³-hybridized carbons (Fsp3) is 0.333. The van der Waals surface area contributed by atoms with E-state index in [-0.39, 0.29) is 17.2 Å². The van der Waals surface area contributed by atoms with Crippen molar-refractivity contribution in [2.75, 3.05) is 6.61 Å². The lowest BCUT2D eigenvalue weighted by molar-refractivity contribution is 0.0516. The third kappa shape index (κ3) is 1.76. The molecule has 1 aromatic heterocycles. The fourth-order valence-corrected chi connectivity index (χ4v) is 0.616. The number of nitrogens with zero attached hydrogens (tertiary/aromatic N) is 2. The highest BCUT2D eigenvalue weighted by Gasteiger charge is 2.09. The molecule has 0 amide bonds. The molecule has 0 unspecified atom stereocenters. The second-order valence-corrected chi connectivity index (χ2v) is 1.81. The van der Waals surface area contributed by atoms with Crippen LogP contribution >= 0.6 is 0 Å². The van der Waals surface area contributed by atoms with Gasteiger partial charge in [0.15, 0.2) is 5.69 Å². The molecule has 0 saturated heterocycles. The largest absolute Gasteiger partial charge is 0.461 e. The molecule has 1 aromatic rings. The number of esters is 1. The molecule has 0 saturated carbocycles. The smallest absolute Gasteiger partial charge is 0.358 e. The van der Waals surface area contributed by atoms with Crippen molar-refractivity contribution < 1.29 is 14.0 Å². The summed E-state index contributed by atoms with van der Waals surface area (Å²) in [7, 11) is 0. The molecule has 1 rings (SSSR count). The molecule has 0 spiro atoms. The van der Waals surface area contributed by atoms with Crippen molar-refractivity contribution in [1.29, 1.82) is 0 Å². The Labute approximate surface area is 62.5 Å². The van der Waals surface area contributed by atoms with Gasteiger partial charge in [-0.3, -0.25) is 0 Å². The molecule has 0 atom stereocenters. The second kappa shape index (κ2) is 3.14. The van der Waals surface area contributed by atoms with Gasteiger partial charge in [-0.25, -0.2) is 4.79 Å². The highest BCUT2D eigenvalue weighted by atomic mass is 19.2. The van der Waals surface area contributed by atoms with Crippen LogP contribution in [0.5, 0.6) is 0 Å². The predicted octanol–water partition coefficient (Wildman–Crippen LogP) is 0.792. The Hall–Kier alpha value is -1.39. The summed E-state index contributed by atoms with van der Waals surface area (Å²) >= 11 is 0. The van der Waals surface area contributed by atoms with Crippen LogP contribution in [0.25, 0.3) is 0 Å². The van der Waals surface area contributed by atoms with Gasteiger partial charge < -0.3 is 4.74 Å². The van der Waals surface area contributed by atoms with Crippen LogP contribution < -0.4 is 0 Å². The lowest BCUT2D eigenvalue weighted by Gasteiger charge is -1.94. The van der Waals surface area contributed by atoms with Gasteiger partial charge in [-0.15, -0.1) is 10.0 Å². The molecule has 0 fully saturated rings. The standard InChI is InChI=1S/C6H7FN2O2/c1-2-11-6(10)5-3-4-9(7)8-5/h3-4H,2H2,1H3. The maximum Gasteiger partial charge on any atom is 0.358 e. The lowest BCUT2D eigenvalue weighted by Crippen LogP contribution is -2.05. The number of carbonyl (C=O) groups excluding carboxylic acids is 1. The van der Waals surface area contributed by atoms with Gasteiger partial charge in [-0.05, 0) is 13.0 Å². The van der Waals surface area contributed by atoms with E-state index in [1.54, 1.807) is 6.92 Å². The Balaban J connectivity index is 2.69. The molecular formula is C6H7FN2O2. The average molecular weight is 158 g/mol. The SMILES string of the molecule is CCOC(=O)c1ccn(F)n1. The molecule has 0 radical (unpaired) electrons. The van der Waals surface area contributed by atoms with Crippen molar-refractivity contribution >= 4 is 5.97 Å². The van der Waals surface area contributed by atoms with Crippen LogP contribution in [0.2, 0.25) is 0 Å². The van der Waals surface area contributed by atoms with Gasteiger partial charge in [0.2, 0.25) is 0 Å². The van der Waals surface area contributed by atoms with Gasteiger partial charge in [0.1, 0.15) is 0 Å². The summed E-state index contributed by atoms with van der Waals surface area (Å²) in [6.07, 6.45) is 1.03. The van der Waals surface area contributed by atoms with Gasteiger partial charge in [0.25, 0.3) is 0 Å². The second-order valence-electron chi connectivity index (χ2n) is 1.81. The average Bonchev–Trinajstić information content (AvgIpc) is 2.36. The van der Waals surface area contributed by atoms with Gasteiger partial charge >= 0.3 is 5.97 Å². The minimum Gasteiger partial charge on any atom is -0.461 e. The van der Waals surface area contributed by atoms with E-state index in [1.807, 2.05) is 0 Å². The number of carbonyl (C=O) groups is 1. The van der Waals surface area contributed by atoms with Crippen molar-refractivity contribution in [1.82, 2.24) is 10.0 Å². The summed E-state index contributed by atoms with van der Waals surface area (Å²) in [5.41, 5.74) is -0.0191. The van der Waals surface area contributed by atoms with Crippen LogP contribution in [-0.2, 0) is 4.74 Å². The van der Waals surface area contributed by atoms with Gasteiger partial charge in [0.05, 0.1) is 12.8 Å². The summed E-state index contributed by atoms with van der Waals surface area (Å²) in [5.74, 6) is -0.607. The summed E-state index contributed by atoms with van der Waals surface area (Å²) in [4.78, 5) is 10.9. The monoisotopic (exact) mass is 158 g/mol. The van der Waals surface area contributed by atoms with E-state index in [2.05, 4.69) is 9.84 Å². The van der Waals surface area contributed by atoms with E-state index in [0.717, 1.165) is 6.20 Å². The van der Waals surface area contributed by atoms with Crippen molar-refractivity contribution in [2.24, 2.45) is 0 Å². The van der Waals surface area contributed by atoms with Gasteiger partial charge in [-0.2, -0.15) is 0 Å². The number of rotatable bonds is 2. The Bertz CT molecular complexity index is 259. The zero-order valence-electron chi connectivity index (χ0n) is 5.95. The first-order valence-corrected chi connectivity index (χ1v) is 3.13. The molecule has 1 heterocycles. The summed E-state index contributed by atoms with van der Waals surface area (Å²) in [5, 5.41) is 3.20. The van der Waals surface area contributed by atoms with Crippen molar-refractivity contribution in [3.8, 4) is 0 Å².